The average molecular weight is 343 g/mol. The number of hydrogen-bond acceptors (Lipinski definition) is 4. The van der Waals surface area contributed by atoms with E-state index in [9.17, 15) is 14.4 Å². The maximum Gasteiger partial charge on any atom is 0.287 e. The van der Waals surface area contributed by atoms with Crippen LogP contribution in [0.25, 0.3) is 0 Å². The number of aryl methyl sites for hydroxylation is 3. The van der Waals surface area contributed by atoms with E-state index in [-0.39, 0.29) is 24.8 Å². The lowest BCUT2D eigenvalue weighted by atomic mass is 10.1. The number of hydrogen-bond donors (Lipinski definition) is 3. The van der Waals surface area contributed by atoms with Crippen molar-refractivity contribution in [1.29, 1.82) is 0 Å². The fourth-order valence-corrected chi connectivity index (χ4v) is 2.46. The van der Waals surface area contributed by atoms with Crippen molar-refractivity contribution in [2.75, 3.05) is 18.4 Å². The van der Waals surface area contributed by atoms with Gasteiger partial charge in [0.15, 0.2) is 5.76 Å². The summed E-state index contributed by atoms with van der Waals surface area (Å²) in [4.78, 5) is 35.3. The van der Waals surface area contributed by atoms with Crippen molar-refractivity contribution in [3.05, 3.63) is 53.0 Å². The van der Waals surface area contributed by atoms with E-state index >= 15 is 0 Å². The lowest BCUT2D eigenvalue weighted by Gasteiger charge is -2.13. The van der Waals surface area contributed by atoms with Gasteiger partial charge in [0.2, 0.25) is 11.8 Å². The van der Waals surface area contributed by atoms with E-state index in [4.69, 9.17) is 4.42 Å². The first-order chi connectivity index (χ1) is 11.9. The van der Waals surface area contributed by atoms with Crippen LogP contribution in [0.5, 0.6) is 0 Å². The second-order valence-electron chi connectivity index (χ2n) is 5.76. The molecule has 0 saturated carbocycles. The molecule has 0 radical (unpaired) electrons. The molecule has 0 saturated heterocycles. The van der Waals surface area contributed by atoms with Crippen LogP contribution in [0, 0.1) is 20.8 Å². The van der Waals surface area contributed by atoms with Gasteiger partial charge in [-0.05, 0) is 44.0 Å². The van der Waals surface area contributed by atoms with Gasteiger partial charge in [-0.15, -0.1) is 0 Å². The van der Waals surface area contributed by atoms with Gasteiger partial charge < -0.3 is 20.4 Å². The molecule has 7 heteroatoms. The number of rotatable bonds is 6. The van der Waals surface area contributed by atoms with Gasteiger partial charge in [-0.1, -0.05) is 17.7 Å². The van der Waals surface area contributed by atoms with Crippen LogP contribution < -0.4 is 16.0 Å². The number of furan rings is 1. The second kappa shape index (κ2) is 8.14. The summed E-state index contributed by atoms with van der Waals surface area (Å²) in [5.41, 5.74) is 3.79. The smallest absolute Gasteiger partial charge is 0.287 e. The summed E-state index contributed by atoms with van der Waals surface area (Å²) in [5, 5.41) is 7.66. The van der Waals surface area contributed by atoms with Crippen molar-refractivity contribution in [3.8, 4) is 0 Å². The molecule has 3 N–H and O–H groups in total. The van der Waals surface area contributed by atoms with E-state index < -0.39 is 11.8 Å². The molecule has 132 valence electrons. The quantitative estimate of drug-likeness (QED) is 0.743. The van der Waals surface area contributed by atoms with Gasteiger partial charge in [0.1, 0.15) is 0 Å². The number of benzene rings is 1. The third-order valence-corrected chi connectivity index (χ3v) is 3.54. The zero-order chi connectivity index (χ0) is 18.4. The van der Waals surface area contributed by atoms with Crippen molar-refractivity contribution in [3.63, 3.8) is 0 Å². The molecule has 0 atom stereocenters. The Morgan fingerprint density at radius 3 is 2.20 bits per heavy atom. The van der Waals surface area contributed by atoms with Gasteiger partial charge in [0.25, 0.3) is 5.91 Å². The zero-order valence-corrected chi connectivity index (χ0v) is 14.4. The van der Waals surface area contributed by atoms with E-state index in [1.807, 2.05) is 32.9 Å². The van der Waals surface area contributed by atoms with Crippen molar-refractivity contribution in [2.24, 2.45) is 0 Å². The SMILES string of the molecule is Cc1cc(C)c(NC(=O)CNC(=O)CNC(=O)c2ccco2)c(C)c1. The minimum Gasteiger partial charge on any atom is -0.459 e. The summed E-state index contributed by atoms with van der Waals surface area (Å²) in [6.45, 7) is 5.40. The summed E-state index contributed by atoms with van der Waals surface area (Å²) < 4.78 is 4.92. The first kappa shape index (κ1) is 18.3. The predicted molar refractivity (Wildman–Crippen MR) is 93.3 cm³/mol. The highest BCUT2D eigenvalue weighted by molar-refractivity contribution is 5.97. The molecule has 0 unspecified atom stereocenters. The molecule has 0 bridgehead atoms. The molecule has 7 nitrogen and oxygen atoms in total. The molecule has 2 rings (SSSR count). The Morgan fingerprint density at radius 1 is 0.960 bits per heavy atom. The van der Waals surface area contributed by atoms with E-state index in [1.54, 1.807) is 6.07 Å². The fourth-order valence-electron chi connectivity index (χ4n) is 2.46. The Bertz CT molecular complexity index is 759. The van der Waals surface area contributed by atoms with Crippen molar-refractivity contribution in [1.82, 2.24) is 10.6 Å². The molecule has 25 heavy (non-hydrogen) atoms. The zero-order valence-electron chi connectivity index (χ0n) is 14.4. The maximum absolute atomic E-state index is 12.0. The monoisotopic (exact) mass is 343 g/mol. The van der Waals surface area contributed by atoms with Crippen LogP contribution in [0.15, 0.2) is 34.9 Å². The molecule has 0 fully saturated rings. The summed E-state index contributed by atoms with van der Waals surface area (Å²) >= 11 is 0. The number of amides is 3. The Kier molecular flexibility index (Phi) is 5.94. The lowest BCUT2D eigenvalue weighted by Crippen LogP contribution is -2.40. The Balaban J connectivity index is 1.78. The van der Waals surface area contributed by atoms with E-state index in [0.29, 0.717) is 0 Å². The summed E-state index contributed by atoms with van der Waals surface area (Å²) in [7, 11) is 0. The highest BCUT2D eigenvalue weighted by Gasteiger charge is 2.12. The van der Waals surface area contributed by atoms with Crippen molar-refractivity contribution in [2.45, 2.75) is 20.8 Å². The highest BCUT2D eigenvalue weighted by atomic mass is 16.3. The summed E-state index contributed by atoms with van der Waals surface area (Å²) in [5.74, 6) is -1.17. The number of carbonyl (C=O) groups excluding carboxylic acids is 3. The Labute approximate surface area is 145 Å². The number of carbonyl (C=O) groups is 3. The standard InChI is InChI=1S/C18H21N3O4/c1-11-7-12(2)17(13(3)8-11)21-16(23)10-19-15(22)9-20-18(24)14-5-4-6-25-14/h4-8H,9-10H2,1-3H3,(H,19,22)(H,20,24)(H,21,23). The molecule has 0 aliphatic rings. The first-order valence-electron chi connectivity index (χ1n) is 7.83. The van der Waals surface area contributed by atoms with Crippen LogP contribution in [-0.2, 0) is 9.59 Å². The molecule has 0 aliphatic carbocycles. The van der Waals surface area contributed by atoms with E-state index in [2.05, 4.69) is 16.0 Å². The molecular formula is C18H21N3O4. The maximum atomic E-state index is 12.0. The molecular weight excluding hydrogens is 322 g/mol. The van der Waals surface area contributed by atoms with Gasteiger partial charge in [0, 0.05) is 5.69 Å². The minimum atomic E-state index is -0.490. The molecule has 1 aromatic heterocycles. The van der Waals surface area contributed by atoms with E-state index in [1.165, 1.54) is 12.3 Å². The molecule has 0 spiro atoms. The second-order valence-corrected chi connectivity index (χ2v) is 5.76. The first-order valence-corrected chi connectivity index (χ1v) is 7.83. The molecule has 2 aromatic rings. The molecule has 3 amide bonds. The van der Waals surface area contributed by atoms with Crippen molar-refractivity contribution >= 4 is 23.4 Å². The summed E-state index contributed by atoms with van der Waals surface area (Å²) in [6.07, 6.45) is 1.37. The lowest BCUT2D eigenvalue weighted by molar-refractivity contribution is -0.123. The van der Waals surface area contributed by atoms with Gasteiger partial charge in [-0.2, -0.15) is 0 Å². The van der Waals surface area contributed by atoms with Crippen LogP contribution in [0.3, 0.4) is 0 Å². The minimum absolute atomic E-state index is 0.121. The van der Waals surface area contributed by atoms with Gasteiger partial charge >= 0.3 is 0 Å². The van der Waals surface area contributed by atoms with Gasteiger partial charge in [0.05, 0.1) is 19.4 Å². The highest BCUT2D eigenvalue weighted by Crippen LogP contribution is 2.21. The third kappa shape index (κ3) is 5.20. The molecule has 1 aromatic carbocycles. The van der Waals surface area contributed by atoms with E-state index in [0.717, 1.165) is 22.4 Å². The Morgan fingerprint density at radius 2 is 1.60 bits per heavy atom. The number of anilines is 1. The fraction of sp³-hybridized carbons (Fsp3) is 0.278. The normalized spacial score (nSPS) is 10.2. The van der Waals surface area contributed by atoms with Gasteiger partial charge in [-0.25, -0.2) is 0 Å². The summed E-state index contributed by atoms with van der Waals surface area (Å²) in [6, 6.07) is 7.03. The number of nitrogens with one attached hydrogen (secondary N) is 3. The van der Waals surface area contributed by atoms with Crippen LogP contribution in [-0.4, -0.2) is 30.8 Å². The van der Waals surface area contributed by atoms with Crippen LogP contribution >= 0.6 is 0 Å². The van der Waals surface area contributed by atoms with Gasteiger partial charge in [-0.3, -0.25) is 14.4 Å². The molecule has 0 aliphatic heterocycles. The molecule has 1 heterocycles. The predicted octanol–water partition coefficient (Wildman–Crippen LogP) is 1.69. The third-order valence-electron chi connectivity index (χ3n) is 3.54. The van der Waals surface area contributed by atoms with Crippen LogP contribution in [0.2, 0.25) is 0 Å². The van der Waals surface area contributed by atoms with Crippen molar-refractivity contribution < 1.29 is 18.8 Å². The average Bonchev–Trinajstić information content (AvgIpc) is 3.08. The largest absolute Gasteiger partial charge is 0.459 e. The van der Waals surface area contributed by atoms with Crippen LogP contribution in [0.1, 0.15) is 27.2 Å². The Hall–Kier alpha value is -3.09. The topological polar surface area (TPSA) is 100 Å². The van der Waals surface area contributed by atoms with Crippen LogP contribution in [0.4, 0.5) is 5.69 Å².